The Kier molecular flexibility index (Phi) is 6.37. The van der Waals surface area contributed by atoms with Gasteiger partial charge >= 0.3 is 0 Å². The van der Waals surface area contributed by atoms with Crippen molar-refractivity contribution in [3.8, 4) is 17.3 Å². The van der Waals surface area contributed by atoms with Crippen molar-refractivity contribution in [3.63, 3.8) is 0 Å². The van der Waals surface area contributed by atoms with Gasteiger partial charge in [0.15, 0.2) is 17.5 Å². The van der Waals surface area contributed by atoms with Crippen molar-refractivity contribution in [2.75, 3.05) is 0 Å². The van der Waals surface area contributed by atoms with Crippen LogP contribution in [0.4, 0.5) is 13.2 Å². The highest BCUT2D eigenvalue weighted by atomic mass is 35.5. The Hall–Kier alpha value is -3.96. The molecule has 0 amide bonds. The monoisotopic (exact) mass is 559 g/mol. The van der Waals surface area contributed by atoms with E-state index in [0.717, 1.165) is 9.25 Å². The maximum absolute atomic E-state index is 16.3. The molecular formula is C27H23ClF3N5O3. The summed E-state index contributed by atoms with van der Waals surface area (Å²) < 4.78 is 67.9. The molecule has 0 spiro atoms. The molecule has 8 nitrogen and oxygen atoms in total. The summed E-state index contributed by atoms with van der Waals surface area (Å²) >= 11 is 6.35. The number of aliphatic hydroxyl groups is 1. The fraction of sp³-hybridized carbons (Fsp3) is 0.259. The summed E-state index contributed by atoms with van der Waals surface area (Å²) in [5.41, 5.74) is -2.34. The minimum Gasteiger partial charge on any atom is -0.485 e. The molecule has 0 atom stereocenters. The number of pyridine rings is 3. The number of ether oxygens (including phenoxy) is 1. The highest BCUT2D eigenvalue weighted by molar-refractivity contribution is 6.31. The molecule has 12 heteroatoms. The number of nitrogens with zero attached hydrogens (tertiary/aromatic N) is 5. The van der Waals surface area contributed by atoms with Crippen LogP contribution in [0.3, 0.4) is 0 Å². The Balaban J connectivity index is 1.67. The molecule has 0 aromatic carbocycles. The molecule has 0 aliphatic carbocycles. The van der Waals surface area contributed by atoms with E-state index in [1.807, 2.05) is 6.08 Å². The molecule has 0 radical (unpaired) electrons. The van der Waals surface area contributed by atoms with Crippen LogP contribution in [-0.4, -0.2) is 29.4 Å². The van der Waals surface area contributed by atoms with Gasteiger partial charge in [-0.05, 0) is 39.2 Å². The minimum atomic E-state index is -2.94. The van der Waals surface area contributed by atoms with Crippen LogP contribution in [0.2, 0.25) is 5.02 Å². The fourth-order valence-electron chi connectivity index (χ4n) is 4.09. The van der Waals surface area contributed by atoms with Gasteiger partial charge in [-0.15, -0.1) is 0 Å². The van der Waals surface area contributed by atoms with Gasteiger partial charge in [-0.2, -0.15) is 5.10 Å². The quantitative estimate of drug-likeness (QED) is 0.355. The Morgan fingerprint density at radius 1 is 1.21 bits per heavy atom. The lowest BCUT2D eigenvalue weighted by molar-refractivity contribution is 0.0734. The smallest absolute Gasteiger partial charge is 0.278 e. The van der Waals surface area contributed by atoms with Gasteiger partial charge in [0, 0.05) is 35.8 Å². The summed E-state index contributed by atoms with van der Waals surface area (Å²) in [5, 5.41) is 13.9. The average Bonchev–Trinajstić information content (AvgIpc) is 3.40. The summed E-state index contributed by atoms with van der Waals surface area (Å²) in [7, 11) is 0. The van der Waals surface area contributed by atoms with Crippen molar-refractivity contribution in [2.24, 2.45) is 0 Å². The van der Waals surface area contributed by atoms with Gasteiger partial charge in [0.1, 0.15) is 34.4 Å². The molecule has 0 saturated heterocycles. The van der Waals surface area contributed by atoms with Crippen LogP contribution in [0.15, 0.2) is 53.7 Å². The second kappa shape index (κ2) is 10.3. The number of hydrogen-bond donors (Lipinski definition) is 1. The molecule has 4 aromatic rings. The molecule has 1 aliphatic heterocycles. The van der Waals surface area contributed by atoms with Crippen LogP contribution in [0.25, 0.3) is 11.5 Å². The molecule has 0 fully saturated rings. The standard InChI is InChI=1S/C27H23ClF3N5O3/c1-27(2,38)21-8-9-35(34-21)25-23(31)24-15(12-33-25)6-4-3-5-7-17-11-20(22(28)26(37)36(17)24)39-14-19-18(30)10-16(29)13-32-19/h3-4,8-13,38H,5-7,14H2,1-2H3/b4-3-/i14D2. The van der Waals surface area contributed by atoms with Crippen LogP contribution in [0.5, 0.6) is 5.75 Å². The normalized spacial score (nSPS) is 15.3. The molecule has 0 unspecified atom stereocenters. The van der Waals surface area contributed by atoms with Gasteiger partial charge in [0.05, 0.1) is 20.3 Å². The first-order valence-corrected chi connectivity index (χ1v) is 12.2. The third-order valence-electron chi connectivity index (χ3n) is 6.04. The Morgan fingerprint density at radius 3 is 2.72 bits per heavy atom. The summed E-state index contributed by atoms with van der Waals surface area (Å²) in [6.45, 7) is 0.115. The van der Waals surface area contributed by atoms with E-state index >= 15 is 4.39 Å². The van der Waals surface area contributed by atoms with Crippen molar-refractivity contribution in [2.45, 2.75) is 45.3 Å². The van der Waals surface area contributed by atoms with Crippen molar-refractivity contribution in [1.29, 1.82) is 0 Å². The molecule has 39 heavy (non-hydrogen) atoms. The number of halogens is 4. The van der Waals surface area contributed by atoms with E-state index in [2.05, 4.69) is 15.1 Å². The van der Waals surface area contributed by atoms with Gasteiger partial charge in [-0.1, -0.05) is 23.8 Å². The van der Waals surface area contributed by atoms with Gasteiger partial charge in [-0.3, -0.25) is 14.3 Å². The fourth-order valence-corrected chi connectivity index (χ4v) is 4.27. The molecule has 5 heterocycles. The largest absolute Gasteiger partial charge is 0.485 e. The summed E-state index contributed by atoms with van der Waals surface area (Å²) in [4.78, 5) is 21.3. The van der Waals surface area contributed by atoms with Crippen LogP contribution in [0, 0.1) is 17.5 Å². The lowest BCUT2D eigenvalue weighted by Gasteiger charge is -2.19. The number of fused-ring (bicyclic) bond motifs is 3. The first kappa shape index (κ1) is 24.1. The van der Waals surface area contributed by atoms with E-state index in [4.69, 9.17) is 19.1 Å². The van der Waals surface area contributed by atoms with E-state index in [0.29, 0.717) is 24.2 Å². The zero-order valence-electron chi connectivity index (χ0n) is 22.8. The Labute approximate surface area is 228 Å². The van der Waals surface area contributed by atoms with Gasteiger partial charge in [0.25, 0.3) is 5.56 Å². The van der Waals surface area contributed by atoms with Gasteiger partial charge in [-0.25, -0.2) is 22.8 Å². The third kappa shape index (κ3) is 5.19. The minimum absolute atomic E-state index is 0.135. The van der Waals surface area contributed by atoms with Gasteiger partial charge in [0.2, 0.25) is 0 Å². The second-order valence-electron chi connectivity index (χ2n) is 9.33. The molecule has 1 aliphatic rings. The summed E-state index contributed by atoms with van der Waals surface area (Å²) in [5.74, 6) is -3.85. The van der Waals surface area contributed by atoms with E-state index in [1.54, 1.807) is 6.08 Å². The highest BCUT2D eigenvalue weighted by Gasteiger charge is 2.26. The Bertz CT molecular complexity index is 1750. The number of aromatic nitrogens is 5. The SMILES string of the molecule is [2H]C([2H])(Oc1cc2n(c(=O)c1Cl)-c1c(cnc(-n3ccc(C(C)(C)O)n3)c1F)C/C=C\CC2)c1ncc(F)cc1F. The molecule has 0 saturated carbocycles. The van der Waals surface area contributed by atoms with E-state index in [-0.39, 0.29) is 35.7 Å². The summed E-state index contributed by atoms with van der Waals surface area (Å²) in [6.07, 6.45) is 7.99. The van der Waals surface area contributed by atoms with Crippen molar-refractivity contribution in [3.05, 3.63) is 104 Å². The zero-order chi connectivity index (χ0) is 29.7. The molecule has 0 bridgehead atoms. The van der Waals surface area contributed by atoms with E-state index in [1.165, 1.54) is 38.4 Å². The lowest BCUT2D eigenvalue weighted by Crippen LogP contribution is -2.26. The predicted octanol–water partition coefficient (Wildman–Crippen LogP) is 4.74. The molecule has 202 valence electrons. The van der Waals surface area contributed by atoms with Crippen LogP contribution in [-0.2, 0) is 25.0 Å². The zero-order valence-corrected chi connectivity index (χ0v) is 21.5. The molecule has 4 aromatic heterocycles. The van der Waals surface area contributed by atoms with Crippen molar-refractivity contribution < 1.29 is 25.8 Å². The number of aryl methyl sites for hydroxylation is 1. The Morgan fingerprint density at radius 2 is 2.00 bits per heavy atom. The summed E-state index contributed by atoms with van der Waals surface area (Å²) in [6, 6.07) is 3.23. The third-order valence-corrected chi connectivity index (χ3v) is 6.38. The highest BCUT2D eigenvalue weighted by Crippen LogP contribution is 2.30. The maximum Gasteiger partial charge on any atom is 0.278 e. The van der Waals surface area contributed by atoms with Crippen molar-refractivity contribution in [1.82, 2.24) is 24.3 Å². The van der Waals surface area contributed by atoms with Gasteiger partial charge < -0.3 is 9.84 Å². The second-order valence-corrected chi connectivity index (χ2v) is 9.71. The molecule has 1 N–H and O–H groups in total. The van der Waals surface area contributed by atoms with Crippen LogP contribution in [0.1, 0.15) is 45.7 Å². The van der Waals surface area contributed by atoms with Crippen LogP contribution >= 0.6 is 11.6 Å². The maximum atomic E-state index is 16.3. The lowest BCUT2D eigenvalue weighted by atomic mass is 10.1. The number of hydrogen-bond acceptors (Lipinski definition) is 6. The first-order valence-electron chi connectivity index (χ1n) is 12.8. The molecule has 5 rings (SSSR count). The topological polar surface area (TPSA) is 95.1 Å². The number of rotatable bonds is 5. The van der Waals surface area contributed by atoms with E-state index in [9.17, 15) is 18.7 Å². The number of allylic oxidation sites excluding steroid dienone is 2. The molecular weight excluding hydrogens is 535 g/mol. The predicted molar refractivity (Wildman–Crippen MR) is 137 cm³/mol. The van der Waals surface area contributed by atoms with Crippen molar-refractivity contribution >= 4 is 11.6 Å². The average molecular weight is 560 g/mol. The van der Waals surface area contributed by atoms with E-state index < -0.39 is 51.6 Å². The van der Waals surface area contributed by atoms with Crippen LogP contribution < -0.4 is 10.3 Å². The first-order chi connectivity index (χ1) is 19.3.